The van der Waals surface area contributed by atoms with Gasteiger partial charge >= 0.3 is 0 Å². The first kappa shape index (κ1) is 10.4. The third-order valence-electron chi connectivity index (χ3n) is 2.57. The Hall–Kier alpha value is -1.16. The molecular weight excluding hydrogens is 208 g/mol. The van der Waals surface area contributed by atoms with Crippen molar-refractivity contribution in [2.45, 2.75) is 33.6 Å². The number of aromatic amines is 1. The Morgan fingerprint density at radius 3 is 2.80 bits per heavy atom. The van der Waals surface area contributed by atoms with Crippen LogP contribution in [0.3, 0.4) is 0 Å². The van der Waals surface area contributed by atoms with E-state index in [1.54, 1.807) is 11.3 Å². The van der Waals surface area contributed by atoms with Crippen molar-refractivity contribution in [2.75, 3.05) is 0 Å². The summed E-state index contributed by atoms with van der Waals surface area (Å²) in [5, 5.41) is 0.761. The van der Waals surface area contributed by atoms with E-state index in [9.17, 15) is 4.79 Å². The van der Waals surface area contributed by atoms with Crippen molar-refractivity contribution in [1.29, 1.82) is 0 Å². The van der Waals surface area contributed by atoms with Crippen LogP contribution in [0.5, 0.6) is 0 Å². The molecule has 0 aliphatic heterocycles. The summed E-state index contributed by atoms with van der Waals surface area (Å²) >= 11 is 1.60. The monoisotopic (exact) mass is 222 g/mol. The number of H-pyrrole nitrogens is 1. The Morgan fingerprint density at radius 2 is 2.13 bits per heavy atom. The summed E-state index contributed by atoms with van der Waals surface area (Å²) in [5.74, 6) is 0.802. The summed E-state index contributed by atoms with van der Waals surface area (Å²) in [7, 11) is 0. The highest BCUT2D eigenvalue weighted by molar-refractivity contribution is 7.18. The molecule has 0 bridgehead atoms. The van der Waals surface area contributed by atoms with Crippen molar-refractivity contribution in [1.82, 2.24) is 9.97 Å². The van der Waals surface area contributed by atoms with Gasteiger partial charge in [0.25, 0.3) is 5.56 Å². The van der Waals surface area contributed by atoms with Crippen molar-refractivity contribution >= 4 is 21.6 Å². The fraction of sp³-hybridized carbons (Fsp3) is 0.455. The first-order valence-electron chi connectivity index (χ1n) is 5.12. The van der Waals surface area contributed by atoms with Gasteiger partial charge in [0.2, 0.25) is 0 Å². The molecule has 0 saturated carbocycles. The number of hydrogen-bond acceptors (Lipinski definition) is 3. The normalized spacial score (nSPS) is 11.1. The lowest BCUT2D eigenvalue weighted by Crippen LogP contribution is -2.11. The molecule has 0 aliphatic carbocycles. The summed E-state index contributed by atoms with van der Waals surface area (Å²) in [5.41, 5.74) is 1.07. The van der Waals surface area contributed by atoms with E-state index >= 15 is 0 Å². The molecule has 0 aliphatic rings. The second-order valence-electron chi connectivity index (χ2n) is 3.73. The molecule has 2 heterocycles. The Labute approximate surface area is 92.2 Å². The Balaban J connectivity index is 2.73. The van der Waals surface area contributed by atoms with Gasteiger partial charge in [0.05, 0.1) is 5.39 Å². The van der Waals surface area contributed by atoms with E-state index in [1.807, 2.05) is 13.8 Å². The molecule has 2 aromatic heterocycles. The predicted molar refractivity (Wildman–Crippen MR) is 63.7 cm³/mol. The molecule has 0 aromatic carbocycles. The van der Waals surface area contributed by atoms with Crippen LogP contribution in [0.15, 0.2) is 4.79 Å². The van der Waals surface area contributed by atoms with Crippen molar-refractivity contribution < 1.29 is 0 Å². The van der Waals surface area contributed by atoms with Crippen LogP contribution >= 0.6 is 11.3 Å². The number of thiophene rings is 1. The van der Waals surface area contributed by atoms with Crippen LogP contribution in [0.1, 0.15) is 29.6 Å². The molecule has 3 nitrogen and oxygen atoms in total. The average molecular weight is 222 g/mol. The Morgan fingerprint density at radius 1 is 1.40 bits per heavy atom. The van der Waals surface area contributed by atoms with Gasteiger partial charge in [0.15, 0.2) is 0 Å². The zero-order valence-corrected chi connectivity index (χ0v) is 9.99. The van der Waals surface area contributed by atoms with Gasteiger partial charge in [0, 0.05) is 11.3 Å². The molecule has 80 valence electrons. The van der Waals surface area contributed by atoms with Crippen LogP contribution in [0, 0.1) is 13.8 Å². The second-order valence-corrected chi connectivity index (χ2v) is 4.93. The van der Waals surface area contributed by atoms with Crippen LogP contribution in [0.4, 0.5) is 0 Å². The Kier molecular flexibility index (Phi) is 2.61. The molecule has 2 rings (SSSR count). The number of fused-ring (bicyclic) bond motifs is 1. The van der Waals surface area contributed by atoms with Crippen molar-refractivity contribution in [3.63, 3.8) is 0 Å². The Bertz CT molecular complexity index is 553. The predicted octanol–water partition coefficient (Wildman–Crippen LogP) is 2.55. The fourth-order valence-electron chi connectivity index (χ4n) is 1.65. The van der Waals surface area contributed by atoms with E-state index in [1.165, 1.54) is 4.88 Å². The third-order valence-corrected chi connectivity index (χ3v) is 3.68. The van der Waals surface area contributed by atoms with Crippen molar-refractivity contribution in [3.05, 3.63) is 26.6 Å². The van der Waals surface area contributed by atoms with Crippen LogP contribution in [-0.2, 0) is 6.42 Å². The number of aromatic nitrogens is 2. The fourth-order valence-corrected chi connectivity index (χ4v) is 2.70. The van der Waals surface area contributed by atoms with Gasteiger partial charge in [-0.05, 0) is 25.8 Å². The van der Waals surface area contributed by atoms with Crippen LogP contribution < -0.4 is 5.56 Å². The number of hydrogen-bond donors (Lipinski definition) is 1. The van der Waals surface area contributed by atoms with Gasteiger partial charge in [0.1, 0.15) is 10.7 Å². The number of nitrogens with zero attached hydrogens (tertiary/aromatic N) is 1. The lowest BCUT2D eigenvalue weighted by atomic mass is 10.2. The molecule has 0 fully saturated rings. The SMILES string of the molecule is CCCc1nc2sc(C)c(C)c2c(=O)[nH]1. The minimum atomic E-state index is 0.00491. The zero-order chi connectivity index (χ0) is 11.0. The van der Waals surface area contributed by atoms with Crippen LogP contribution in [0.25, 0.3) is 10.2 Å². The van der Waals surface area contributed by atoms with Gasteiger partial charge < -0.3 is 4.98 Å². The number of nitrogens with one attached hydrogen (secondary N) is 1. The standard InChI is InChI=1S/C11H14N2OS/c1-4-5-8-12-10(14)9-6(2)7(3)15-11(9)13-8/h4-5H2,1-3H3,(H,12,13,14). The smallest absolute Gasteiger partial charge is 0.259 e. The maximum Gasteiger partial charge on any atom is 0.259 e. The molecule has 0 spiro atoms. The molecule has 4 heteroatoms. The van der Waals surface area contributed by atoms with Crippen LogP contribution in [-0.4, -0.2) is 9.97 Å². The topological polar surface area (TPSA) is 45.8 Å². The zero-order valence-electron chi connectivity index (χ0n) is 9.18. The van der Waals surface area contributed by atoms with Gasteiger partial charge in [-0.1, -0.05) is 6.92 Å². The van der Waals surface area contributed by atoms with Crippen molar-refractivity contribution in [3.8, 4) is 0 Å². The quantitative estimate of drug-likeness (QED) is 0.848. The second kappa shape index (κ2) is 3.77. The summed E-state index contributed by atoms with van der Waals surface area (Å²) in [4.78, 5) is 21.2. The molecule has 0 radical (unpaired) electrons. The van der Waals surface area contributed by atoms with Crippen LogP contribution in [0.2, 0.25) is 0 Å². The molecule has 0 saturated heterocycles. The lowest BCUT2D eigenvalue weighted by Gasteiger charge is -1.97. The summed E-state index contributed by atoms with van der Waals surface area (Å²) in [6, 6.07) is 0. The van der Waals surface area contributed by atoms with E-state index in [0.29, 0.717) is 0 Å². The first-order chi connectivity index (χ1) is 7.13. The van der Waals surface area contributed by atoms with E-state index in [2.05, 4.69) is 16.9 Å². The average Bonchev–Trinajstić information content (AvgIpc) is 2.43. The van der Waals surface area contributed by atoms with E-state index in [4.69, 9.17) is 0 Å². The maximum atomic E-state index is 11.8. The molecule has 15 heavy (non-hydrogen) atoms. The molecule has 1 N–H and O–H groups in total. The maximum absolute atomic E-state index is 11.8. The minimum Gasteiger partial charge on any atom is -0.310 e. The lowest BCUT2D eigenvalue weighted by molar-refractivity contribution is 0.838. The first-order valence-corrected chi connectivity index (χ1v) is 5.94. The highest BCUT2D eigenvalue weighted by Gasteiger charge is 2.10. The summed E-state index contributed by atoms with van der Waals surface area (Å²) < 4.78 is 0. The molecule has 2 aromatic rings. The van der Waals surface area contributed by atoms with Gasteiger partial charge in [-0.15, -0.1) is 11.3 Å². The molecule has 0 amide bonds. The van der Waals surface area contributed by atoms with Gasteiger partial charge in [-0.3, -0.25) is 4.79 Å². The molecule has 0 unspecified atom stereocenters. The van der Waals surface area contributed by atoms with Gasteiger partial charge in [-0.25, -0.2) is 4.98 Å². The van der Waals surface area contributed by atoms with E-state index in [-0.39, 0.29) is 5.56 Å². The number of rotatable bonds is 2. The van der Waals surface area contributed by atoms with E-state index < -0.39 is 0 Å². The summed E-state index contributed by atoms with van der Waals surface area (Å²) in [6.45, 7) is 6.08. The van der Waals surface area contributed by atoms with Crippen molar-refractivity contribution in [2.24, 2.45) is 0 Å². The van der Waals surface area contributed by atoms with Gasteiger partial charge in [-0.2, -0.15) is 0 Å². The molecule has 0 atom stereocenters. The minimum absolute atomic E-state index is 0.00491. The third kappa shape index (κ3) is 1.69. The highest BCUT2D eigenvalue weighted by atomic mass is 32.1. The highest BCUT2D eigenvalue weighted by Crippen LogP contribution is 2.25. The van der Waals surface area contributed by atoms with E-state index in [0.717, 1.165) is 34.4 Å². The molecular formula is C11H14N2OS. The largest absolute Gasteiger partial charge is 0.310 e. The summed E-state index contributed by atoms with van der Waals surface area (Å²) in [6.07, 6.45) is 1.83. The number of aryl methyl sites for hydroxylation is 3.